The summed E-state index contributed by atoms with van der Waals surface area (Å²) in [6, 6.07) is -0.545. The first kappa shape index (κ1) is 40.1. The molecule has 4 heteroatoms. The Kier molecular flexibility index (Phi) is 32.9. The molecule has 0 aliphatic heterocycles. The molecule has 0 aromatic heterocycles. The normalized spacial score (nSPS) is 13.2. The first-order chi connectivity index (χ1) is 20.2. The Balaban J connectivity index is 3.53. The SMILES string of the molecule is CCCCCCC/C=C/CCCC[C@@H](O)[C@H](CO)NC(=O)CCCCCCCCCCCCCCCCCCCC. The maximum atomic E-state index is 12.3. The van der Waals surface area contributed by atoms with Gasteiger partial charge in [-0.15, -0.1) is 0 Å². The van der Waals surface area contributed by atoms with E-state index in [1.54, 1.807) is 0 Å². The highest BCUT2D eigenvalue weighted by molar-refractivity contribution is 5.76. The van der Waals surface area contributed by atoms with Crippen LogP contribution < -0.4 is 5.32 Å². The van der Waals surface area contributed by atoms with Gasteiger partial charge in [-0.25, -0.2) is 0 Å². The van der Waals surface area contributed by atoms with E-state index in [4.69, 9.17) is 0 Å². The average Bonchev–Trinajstić information content (AvgIpc) is 2.97. The second-order valence-electron chi connectivity index (χ2n) is 12.6. The highest BCUT2D eigenvalue weighted by Gasteiger charge is 2.19. The van der Waals surface area contributed by atoms with Crippen LogP contribution in [0.25, 0.3) is 0 Å². The van der Waals surface area contributed by atoms with Gasteiger partial charge in [0.1, 0.15) is 0 Å². The summed E-state index contributed by atoms with van der Waals surface area (Å²) in [4.78, 5) is 12.3. The molecule has 244 valence electrons. The molecule has 0 bridgehead atoms. The summed E-state index contributed by atoms with van der Waals surface area (Å²) in [5.74, 6) is -0.0403. The fraction of sp³-hybridized carbons (Fsp3) is 0.919. The average molecular weight is 580 g/mol. The summed E-state index contributed by atoms with van der Waals surface area (Å²) in [5.41, 5.74) is 0. The van der Waals surface area contributed by atoms with Crippen LogP contribution in [0, 0.1) is 0 Å². The van der Waals surface area contributed by atoms with Crippen molar-refractivity contribution in [3.05, 3.63) is 12.2 Å². The fourth-order valence-corrected chi connectivity index (χ4v) is 5.65. The molecule has 0 spiro atoms. The number of carbonyl (C=O) groups excluding carboxylic acids is 1. The molecule has 0 fully saturated rings. The van der Waals surface area contributed by atoms with Gasteiger partial charge in [-0.3, -0.25) is 4.79 Å². The monoisotopic (exact) mass is 580 g/mol. The van der Waals surface area contributed by atoms with Crippen LogP contribution in [0.1, 0.15) is 200 Å². The summed E-state index contributed by atoms with van der Waals surface area (Å²) in [5, 5.41) is 23.0. The second-order valence-corrected chi connectivity index (χ2v) is 12.6. The number of carbonyl (C=O) groups is 1. The number of hydrogen-bond donors (Lipinski definition) is 3. The maximum absolute atomic E-state index is 12.3. The largest absolute Gasteiger partial charge is 0.394 e. The first-order valence-electron chi connectivity index (χ1n) is 18.4. The number of aliphatic hydroxyl groups excluding tert-OH is 2. The third-order valence-corrected chi connectivity index (χ3v) is 8.53. The Morgan fingerprint density at radius 1 is 0.561 bits per heavy atom. The predicted molar refractivity (Wildman–Crippen MR) is 179 cm³/mol. The smallest absolute Gasteiger partial charge is 0.220 e. The summed E-state index contributed by atoms with van der Waals surface area (Å²) < 4.78 is 0. The zero-order valence-electron chi connectivity index (χ0n) is 27.8. The number of amides is 1. The summed E-state index contributed by atoms with van der Waals surface area (Å²) in [6.07, 6.45) is 39.8. The van der Waals surface area contributed by atoms with E-state index in [0.29, 0.717) is 12.8 Å². The van der Waals surface area contributed by atoms with E-state index in [-0.39, 0.29) is 12.5 Å². The molecule has 0 heterocycles. The topological polar surface area (TPSA) is 69.6 Å². The molecule has 0 saturated carbocycles. The van der Waals surface area contributed by atoms with E-state index in [1.807, 2.05) is 0 Å². The van der Waals surface area contributed by atoms with Gasteiger partial charge in [0.15, 0.2) is 0 Å². The van der Waals surface area contributed by atoms with E-state index >= 15 is 0 Å². The fourth-order valence-electron chi connectivity index (χ4n) is 5.65. The van der Waals surface area contributed by atoms with Crippen LogP contribution in [-0.2, 0) is 4.79 Å². The molecule has 0 aromatic carbocycles. The minimum absolute atomic E-state index is 0.0403. The van der Waals surface area contributed by atoms with E-state index in [0.717, 1.165) is 32.1 Å². The summed E-state index contributed by atoms with van der Waals surface area (Å²) in [7, 11) is 0. The summed E-state index contributed by atoms with van der Waals surface area (Å²) >= 11 is 0. The van der Waals surface area contributed by atoms with Crippen LogP contribution in [0.3, 0.4) is 0 Å². The van der Waals surface area contributed by atoms with Gasteiger partial charge >= 0.3 is 0 Å². The molecular formula is C37H73NO3. The Morgan fingerprint density at radius 3 is 1.34 bits per heavy atom. The van der Waals surface area contributed by atoms with Crippen LogP contribution in [0.5, 0.6) is 0 Å². The number of aliphatic hydroxyl groups is 2. The molecule has 1 amide bonds. The number of nitrogens with one attached hydrogen (secondary N) is 1. The lowest BCUT2D eigenvalue weighted by atomic mass is 10.0. The van der Waals surface area contributed by atoms with Gasteiger partial charge < -0.3 is 15.5 Å². The van der Waals surface area contributed by atoms with Crippen LogP contribution >= 0.6 is 0 Å². The number of rotatable bonds is 33. The van der Waals surface area contributed by atoms with Crippen molar-refractivity contribution in [3.8, 4) is 0 Å². The standard InChI is InChI=1S/C37H73NO3/c1-3-5-7-9-11-13-15-16-17-18-19-20-21-23-25-27-29-31-33-37(41)38-35(34-39)36(40)32-30-28-26-24-22-14-12-10-8-6-4-2/h22,24,35-36,39-40H,3-21,23,25-34H2,1-2H3,(H,38,41)/b24-22+/t35-,36+/m0/s1. The molecule has 0 aromatic rings. The Hall–Kier alpha value is -0.870. The summed E-state index contributed by atoms with van der Waals surface area (Å²) in [6.45, 7) is 4.33. The molecule has 0 radical (unpaired) electrons. The molecular weight excluding hydrogens is 506 g/mol. The van der Waals surface area contributed by atoms with Gasteiger partial charge in [0.25, 0.3) is 0 Å². The Bertz CT molecular complexity index is 550. The molecule has 0 aliphatic rings. The number of hydrogen-bond acceptors (Lipinski definition) is 3. The Morgan fingerprint density at radius 2 is 0.927 bits per heavy atom. The highest BCUT2D eigenvalue weighted by atomic mass is 16.3. The lowest BCUT2D eigenvalue weighted by Crippen LogP contribution is -2.45. The van der Waals surface area contributed by atoms with Gasteiger partial charge in [-0.1, -0.05) is 167 Å². The van der Waals surface area contributed by atoms with E-state index in [9.17, 15) is 15.0 Å². The molecule has 0 rings (SSSR count). The van der Waals surface area contributed by atoms with Crippen molar-refractivity contribution in [2.24, 2.45) is 0 Å². The molecule has 0 unspecified atom stereocenters. The molecule has 41 heavy (non-hydrogen) atoms. The number of allylic oxidation sites excluding steroid dienone is 2. The van der Waals surface area contributed by atoms with Crippen LogP contribution in [-0.4, -0.2) is 34.9 Å². The molecule has 2 atom stereocenters. The Labute approximate surface area is 256 Å². The zero-order chi connectivity index (χ0) is 30.1. The predicted octanol–water partition coefficient (Wildman–Crippen LogP) is 10.7. The van der Waals surface area contributed by atoms with Crippen molar-refractivity contribution in [3.63, 3.8) is 0 Å². The third-order valence-electron chi connectivity index (χ3n) is 8.53. The van der Waals surface area contributed by atoms with Crippen molar-refractivity contribution >= 4 is 5.91 Å². The minimum Gasteiger partial charge on any atom is -0.394 e. The van der Waals surface area contributed by atoms with Crippen molar-refractivity contribution in [1.82, 2.24) is 5.32 Å². The highest BCUT2D eigenvalue weighted by Crippen LogP contribution is 2.15. The quantitative estimate of drug-likeness (QED) is 0.0535. The maximum Gasteiger partial charge on any atom is 0.220 e. The first-order valence-corrected chi connectivity index (χ1v) is 18.4. The van der Waals surface area contributed by atoms with Crippen LogP contribution in [0.4, 0.5) is 0 Å². The van der Waals surface area contributed by atoms with Gasteiger partial charge in [0, 0.05) is 6.42 Å². The van der Waals surface area contributed by atoms with Gasteiger partial charge in [-0.05, 0) is 38.5 Å². The third kappa shape index (κ3) is 30.4. The number of unbranched alkanes of at least 4 members (excludes halogenated alkanes) is 24. The second kappa shape index (κ2) is 33.6. The van der Waals surface area contributed by atoms with Gasteiger partial charge in [0.2, 0.25) is 5.91 Å². The lowest BCUT2D eigenvalue weighted by Gasteiger charge is -2.22. The van der Waals surface area contributed by atoms with Gasteiger partial charge in [0.05, 0.1) is 18.8 Å². The van der Waals surface area contributed by atoms with Crippen molar-refractivity contribution < 1.29 is 15.0 Å². The molecule has 4 nitrogen and oxygen atoms in total. The van der Waals surface area contributed by atoms with Crippen LogP contribution in [0.15, 0.2) is 12.2 Å². The molecule has 0 saturated heterocycles. The minimum atomic E-state index is -0.674. The zero-order valence-corrected chi connectivity index (χ0v) is 27.8. The van der Waals surface area contributed by atoms with Crippen molar-refractivity contribution in [2.75, 3.05) is 6.61 Å². The lowest BCUT2D eigenvalue weighted by molar-refractivity contribution is -0.123. The van der Waals surface area contributed by atoms with Crippen LogP contribution in [0.2, 0.25) is 0 Å². The molecule has 0 aliphatic carbocycles. The van der Waals surface area contributed by atoms with E-state index in [2.05, 4.69) is 31.3 Å². The van der Waals surface area contributed by atoms with E-state index < -0.39 is 12.1 Å². The van der Waals surface area contributed by atoms with Crippen molar-refractivity contribution in [2.45, 2.75) is 212 Å². The van der Waals surface area contributed by atoms with Gasteiger partial charge in [-0.2, -0.15) is 0 Å². The molecule has 3 N–H and O–H groups in total. The van der Waals surface area contributed by atoms with Crippen molar-refractivity contribution in [1.29, 1.82) is 0 Å². The van der Waals surface area contributed by atoms with E-state index in [1.165, 1.54) is 141 Å².